The number of hydrogen-bond donors (Lipinski definition) is 5. The van der Waals surface area contributed by atoms with E-state index in [1.54, 1.807) is 0 Å². The molecule has 0 saturated carbocycles. The molecule has 0 radical (unpaired) electrons. The maximum atomic E-state index is 10.9. The lowest BCUT2D eigenvalue weighted by atomic mass is 10.2. The Hall–Kier alpha value is -1.19. The Labute approximate surface area is 226 Å². The molecule has 18 heteroatoms. The van der Waals surface area contributed by atoms with E-state index in [1.807, 2.05) is 30.3 Å². The van der Waals surface area contributed by atoms with Gasteiger partial charge < -0.3 is 19.7 Å². The van der Waals surface area contributed by atoms with E-state index in [9.17, 15) is 29.5 Å². The van der Waals surface area contributed by atoms with Crippen LogP contribution in [-0.4, -0.2) is 108 Å². The van der Waals surface area contributed by atoms with Gasteiger partial charge in [-0.3, -0.25) is 4.21 Å². The van der Waals surface area contributed by atoms with Crippen molar-refractivity contribution >= 4 is 45.5 Å². The summed E-state index contributed by atoms with van der Waals surface area (Å²) in [6.45, 7) is 1.31. The first-order chi connectivity index (χ1) is 17.4. The van der Waals surface area contributed by atoms with Crippen LogP contribution in [0, 0.1) is 0 Å². The van der Waals surface area contributed by atoms with Gasteiger partial charge >= 0.3 is 0 Å². The van der Waals surface area contributed by atoms with Gasteiger partial charge in [0.05, 0.1) is 42.8 Å². The minimum absolute atomic E-state index is 0.0485. The Morgan fingerprint density at radius 1 is 0.974 bits per heavy atom. The highest BCUT2D eigenvalue weighted by Crippen LogP contribution is 2.00. The van der Waals surface area contributed by atoms with Crippen LogP contribution in [0.4, 0.5) is 0 Å². The molecule has 1 aliphatic heterocycles. The number of aliphatic hydroxyl groups excluding tert-OH is 2. The van der Waals surface area contributed by atoms with Crippen molar-refractivity contribution in [2.24, 2.45) is 10.3 Å². The zero-order valence-corrected chi connectivity index (χ0v) is 24.7. The van der Waals surface area contributed by atoms with Crippen molar-refractivity contribution in [3.05, 3.63) is 35.9 Å². The Bertz CT molecular complexity index is 1110. The lowest BCUT2D eigenvalue weighted by molar-refractivity contribution is 0.135. The molecular formula is C20H41N3O11S4. The lowest BCUT2D eigenvalue weighted by Crippen LogP contribution is -2.35. The summed E-state index contributed by atoms with van der Waals surface area (Å²) >= 11 is 0. The third-order valence-corrected chi connectivity index (χ3v) is 7.96. The molecule has 1 unspecified atom stereocenters. The minimum Gasteiger partial charge on any atom is -0.396 e. The fraction of sp³-hybridized carbons (Fsp3) is 0.650. The van der Waals surface area contributed by atoms with Crippen LogP contribution in [0.25, 0.3) is 0 Å². The molecule has 1 fully saturated rings. The number of ether oxygens (including phenoxy) is 2. The molecule has 38 heavy (non-hydrogen) atoms. The molecule has 1 aromatic carbocycles. The van der Waals surface area contributed by atoms with E-state index in [4.69, 9.17) is 24.8 Å². The third kappa shape index (κ3) is 32.8. The average molecular weight is 628 g/mol. The van der Waals surface area contributed by atoms with Crippen LogP contribution in [0.3, 0.4) is 0 Å². The second kappa shape index (κ2) is 20.7. The van der Waals surface area contributed by atoms with E-state index in [-0.39, 0.29) is 43.5 Å². The van der Waals surface area contributed by atoms with Crippen molar-refractivity contribution in [2.75, 3.05) is 62.4 Å². The molecule has 0 aromatic heterocycles. The molecule has 0 bridgehead atoms. The van der Waals surface area contributed by atoms with Crippen molar-refractivity contribution in [3.8, 4) is 0 Å². The summed E-state index contributed by atoms with van der Waals surface area (Å²) in [6, 6.07) is 9.54. The Morgan fingerprint density at radius 3 is 1.82 bits per heavy atom. The van der Waals surface area contributed by atoms with Crippen LogP contribution >= 0.6 is 0 Å². The minimum atomic E-state index is -3.40. The SMILES string of the molecule is C=S1(=O)CCOCN1.CS(=O)(=O)CCCO.NS(=O)(=O)CCCO.NS(=O)(=O)CCOCc1ccccc1. The van der Waals surface area contributed by atoms with Gasteiger partial charge in [-0.25, -0.2) is 40.3 Å². The molecule has 2 rings (SSSR count). The van der Waals surface area contributed by atoms with Crippen LogP contribution in [-0.2, 0) is 55.7 Å². The number of aliphatic hydroxyl groups is 2. The number of nitrogens with two attached hydrogens (primary N) is 2. The first kappa shape index (κ1) is 39.0. The highest BCUT2D eigenvalue weighted by atomic mass is 32.2. The number of nitrogens with one attached hydrogen (secondary N) is 1. The van der Waals surface area contributed by atoms with E-state index in [0.29, 0.717) is 32.1 Å². The number of hydrogen-bond acceptors (Lipinski definition) is 11. The number of sulfonamides is 2. The Morgan fingerprint density at radius 2 is 1.50 bits per heavy atom. The van der Waals surface area contributed by atoms with Crippen molar-refractivity contribution in [1.82, 2.24) is 4.72 Å². The van der Waals surface area contributed by atoms with Gasteiger partial charge in [-0.15, -0.1) is 0 Å². The largest absolute Gasteiger partial charge is 0.396 e. The van der Waals surface area contributed by atoms with Crippen LogP contribution in [0.5, 0.6) is 0 Å². The van der Waals surface area contributed by atoms with Gasteiger partial charge in [0.1, 0.15) is 16.6 Å². The lowest BCUT2D eigenvalue weighted by Gasteiger charge is -2.16. The Kier molecular flexibility index (Phi) is 21.2. The zero-order valence-electron chi connectivity index (χ0n) is 21.4. The molecule has 1 aliphatic rings. The van der Waals surface area contributed by atoms with Crippen LogP contribution < -0.4 is 15.0 Å². The van der Waals surface area contributed by atoms with Gasteiger partial charge in [0, 0.05) is 29.2 Å². The third-order valence-electron chi connectivity index (χ3n) is 3.87. The summed E-state index contributed by atoms with van der Waals surface area (Å²) in [5.74, 6) is 3.81. The summed E-state index contributed by atoms with van der Waals surface area (Å²) in [5.41, 5.74) is 1.02. The molecule has 1 saturated heterocycles. The fourth-order valence-corrected chi connectivity index (χ4v) is 4.38. The molecule has 7 N–H and O–H groups in total. The predicted molar refractivity (Wildman–Crippen MR) is 149 cm³/mol. The van der Waals surface area contributed by atoms with Crippen molar-refractivity contribution in [2.45, 2.75) is 19.4 Å². The highest BCUT2D eigenvalue weighted by Gasteiger charge is 2.07. The van der Waals surface area contributed by atoms with Gasteiger partial charge in [0.2, 0.25) is 20.0 Å². The molecule has 0 amide bonds. The maximum Gasteiger partial charge on any atom is 0.211 e. The van der Waals surface area contributed by atoms with Gasteiger partial charge in [-0.1, -0.05) is 30.3 Å². The van der Waals surface area contributed by atoms with Crippen LogP contribution in [0.15, 0.2) is 30.3 Å². The van der Waals surface area contributed by atoms with Crippen molar-refractivity contribution in [1.29, 1.82) is 0 Å². The monoisotopic (exact) mass is 627 g/mol. The first-order valence-electron chi connectivity index (χ1n) is 11.1. The summed E-state index contributed by atoms with van der Waals surface area (Å²) in [6.07, 6.45) is 1.72. The highest BCUT2D eigenvalue weighted by molar-refractivity contribution is 7.98. The summed E-state index contributed by atoms with van der Waals surface area (Å²) in [7, 11) is -11.6. The summed E-state index contributed by atoms with van der Waals surface area (Å²) < 4.78 is 85.3. The maximum absolute atomic E-state index is 10.9. The van der Waals surface area contributed by atoms with Crippen LogP contribution in [0.1, 0.15) is 18.4 Å². The molecule has 0 spiro atoms. The number of benzene rings is 1. The number of rotatable bonds is 11. The van der Waals surface area contributed by atoms with Crippen molar-refractivity contribution < 1.29 is 49.1 Å². The standard InChI is InChI=1S/C9H13NO3S.C4H9NO2S.C4H10O3S.C3H9NO3S/c10-14(11,12)7-6-13-8-9-4-2-1-3-5-9;1-8(6)3-2-7-4-5-8;1-8(6,7)4-2-3-5;4-8(6,7)3-1-2-5/h1-5H,6-8H2,(H2,10,11,12);1-4H2,(H,5,6);5H,2-4H2,1H3;5H,1-3H2,(H2,4,6,7). The number of primary sulfonamides is 2. The zero-order chi connectivity index (χ0) is 29.7. The molecule has 1 atom stereocenters. The van der Waals surface area contributed by atoms with E-state index >= 15 is 0 Å². The van der Waals surface area contributed by atoms with E-state index in [1.165, 1.54) is 0 Å². The Balaban J connectivity index is 0. The molecular weight excluding hydrogens is 586 g/mol. The van der Waals surface area contributed by atoms with Crippen LogP contribution in [0.2, 0.25) is 0 Å². The quantitative estimate of drug-likeness (QED) is 0.130. The molecule has 14 nitrogen and oxygen atoms in total. The fourth-order valence-electron chi connectivity index (χ4n) is 2.02. The first-order valence-corrected chi connectivity index (χ1v) is 18.5. The van der Waals surface area contributed by atoms with Gasteiger partial charge in [0.25, 0.3) is 0 Å². The second-order valence-corrected chi connectivity index (χ2v) is 15.8. The topological polar surface area (TPSA) is 242 Å². The summed E-state index contributed by atoms with van der Waals surface area (Å²) in [4.78, 5) is 0. The molecule has 0 aliphatic carbocycles. The van der Waals surface area contributed by atoms with Gasteiger partial charge in [-0.05, 0) is 24.3 Å². The van der Waals surface area contributed by atoms with Gasteiger partial charge in [-0.2, -0.15) is 0 Å². The average Bonchev–Trinajstić information content (AvgIpc) is 2.79. The predicted octanol–water partition coefficient (Wildman–Crippen LogP) is -2.24. The van der Waals surface area contributed by atoms with E-state index in [0.717, 1.165) is 11.8 Å². The van der Waals surface area contributed by atoms with E-state index < -0.39 is 39.6 Å². The second-order valence-electron chi connectivity index (χ2n) is 7.77. The normalized spacial score (nSPS) is 17.5. The molecule has 1 aromatic rings. The smallest absolute Gasteiger partial charge is 0.211 e. The summed E-state index contributed by atoms with van der Waals surface area (Å²) in [5, 5.41) is 25.7. The molecule has 226 valence electrons. The van der Waals surface area contributed by atoms with Gasteiger partial charge in [0.15, 0.2) is 0 Å². The van der Waals surface area contributed by atoms with E-state index in [2.05, 4.69) is 15.7 Å². The number of sulfone groups is 1. The molecule has 1 heterocycles. The van der Waals surface area contributed by atoms with Crippen molar-refractivity contribution in [3.63, 3.8) is 0 Å².